The minimum absolute atomic E-state index is 0.00765. The molecule has 1 aliphatic carbocycles. The third-order valence-electron chi connectivity index (χ3n) is 4.63. The highest BCUT2D eigenvalue weighted by Gasteiger charge is 2.55. The van der Waals surface area contributed by atoms with Gasteiger partial charge in [-0.25, -0.2) is 14.0 Å². The second-order valence-corrected chi connectivity index (χ2v) is 6.94. The molecule has 0 radical (unpaired) electrons. The van der Waals surface area contributed by atoms with Crippen LogP contribution in [0.3, 0.4) is 0 Å². The summed E-state index contributed by atoms with van der Waals surface area (Å²) in [6.07, 6.45) is 1.89. The molecule has 0 spiro atoms. The lowest BCUT2D eigenvalue weighted by Crippen LogP contribution is -3.15. The first kappa shape index (κ1) is 21.8. The fourth-order valence-corrected chi connectivity index (χ4v) is 3.23. The number of carbonyl (C=O) groups is 3. The summed E-state index contributed by atoms with van der Waals surface area (Å²) in [5.74, 6) is -2.53. The number of hydrogen-bond donors (Lipinski definition) is 2. The van der Waals surface area contributed by atoms with Gasteiger partial charge in [0.1, 0.15) is 18.9 Å². The van der Waals surface area contributed by atoms with Gasteiger partial charge in [-0.1, -0.05) is 12.1 Å². The van der Waals surface area contributed by atoms with E-state index in [0.29, 0.717) is 6.54 Å². The van der Waals surface area contributed by atoms with E-state index in [9.17, 15) is 18.8 Å². The molecule has 1 fully saturated rings. The van der Waals surface area contributed by atoms with Gasteiger partial charge in [0.05, 0.1) is 19.3 Å². The first-order valence-corrected chi connectivity index (χ1v) is 9.54. The lowest BCUT2D eigenvalue weighted by Gasteiger charge is -2.32. The van der Waals surface area contributed by atoms with Crippen molar-refractivity contribution in [3.05, 3.63) is 35.6 Å². The van der Waals surface area contributed by atoms with Crippen LogP contribution < -0.4 is 10.2 Å². The Morgan fingerprint density at radius 3 is 2.07 bits per heavy atom. The van der Waals surface area contributed by atoms with Crippen LogP contribution in [-0.4, -0.2) is 49.2 Å². The van der Waals surface area contributed by atoms with E-state index in [1.54, 1.807) is 26.0 Å². The largest absolute Gasteiger partial charge is 0.464 e. The van der Waals surface area contributed by atoms with E-state index >= 15 is 0 Å². The van der Waals surface area contributed by atoms with Crippen molar-refractivity contribution in [3.63, 3.8) is 0 Å². The van der Waals surface area contributed by atoms with E-state index in [4.69, 9.17) is 9.47 Å². The molecule has 0 bridgehead atoms. The third kappa shape index (κ3) is 5.51. The number of nitrogens with one attached hydrogen (secondary N) is 2. The highest BCUT2D eigenvalue weighted by atomic mass is 19.1. The molecule has 1 aromatic rings. The molecule has 28 heavy (non-hydrogen) atoms. The Bertz CT molecular complexity index is 685. The van der Waals surface area contributed by atoms with Crippen molar-refractivity contribution < 1.29 is 33.1 Å². The first-order valence-electron chi connectivity index (χ1n) is 9.54. The molecule has 1 aromatic carbocycles. The van der Waals surface area contributed by atoms with Crippen LogP contribution in [0.5, 0.6) is 0 Å². The van der Waals surface area contributed by atoms with Gasteiger partial charge in [-0.05, 0) is 26.0 Å². The molecule has 1 saturated carbocycles. The minimum Gasteiger partial charge on any atom is -0.464 e. The molecule has 1 unspecified atom stereocenters. The topological polar surface area (TPSA) is 86.1 Å². The van der Waals surface area contributed by atoms with Crippen molar-refractivity contribution in [2.75, 3.05) is 19.8 Å². The van der Waals surface area contributed by atoms with Crippen molar-refractivity contribution in [1.82, 2.24) is 5.32 Å². The van der Waals surface area contributed by atoms with E-state index in [0.717, 1.165) is 23.3 Å². The number of quaternary nitrogens is 1. The number of esters is 2. The average Bonchev–Trinajstić information content (AvgIpc) is 3.47. The number of rotatable bonds is 10. The van der Waals surface area contributed by atoms with Gasteiger partial charge in [-0.2, -0.15) is 0 Å². The van der Waals surface area contributed by atoms with Crippen LogP contribution >= 0.6 is 0 Å². The maximum absolute atomic E-state index is 13.2. The van der Waals surface area contributed by atoms with Gasteiger partial charge >= 0.3 is 11.9 Å². The van der Waals surface area contributed by atoms with E-state index in [1.165, 1.54) is 19.1 Å². The van der Waals surface area contributed by atoms with E-state index in [1.807, 2.05) is 0 Å². The number of amides is 1. The van der Waals surface area contributed by atoms with E-state index < -0.39 is 23.4 Å². The van der Waals surface area contributed by atoms with Gasteiger partial charge in [0, 0.05) is 25.3 Å². The van der Waals surface area contributed by atoms with Crippen molar-refractivity contribution >= 4 is 17.8 Å². The molecule has 0 saturated heterocycles. The van der Waals surface area contributed by atoms with Crippen LogP contribution in [0.25, 0.3) is 0 Å². The summed E-state index contributed by atoms with van der Waals surface area (Å²) in [6.45, 7) is 5.10. The standard InChI is InChI=1S/C20H27FN2O5/c1-4-27-18(25)20(22-14(3)24,19(26)28-5-2)13-23(17-10-11-17)12-15-6-8-16(21)9-7-15/h6-9,17H,4-5,10-13H2,1-3H3,(H,22,24)/p+1. The number of hydrogen-bond acceptors (Lipinski definition) is 5. The molecule has 1 amide bonds. The summed E-state index contributed by atoms with van der Waals surface area (Å²) >= 11 is 0. The maximum Gasteiger partial charge on any atom is 0.349 e. The highest BCUT2D eigenvalue weighted by Crippen LogP contribution is 2.18. The Labute approximate surface area is 164 Å². The Kier molecular flexibility index (Phi) is 7.51. The van der Waals surface area contributed by atoms with Crippen LogP contribution in [0, 0.1) is 5.82 Å². The molecule has 1 aliphatic rings. The maximum atomic E-state index is 13.2. The molecule has 0 aromatic heterocycles. The summed E-state index contributed by atoms with van der Waals surface area (Å²) < 4.78 is 23.5. The van der Waals surface area contributed by atoms with Crippen molar-refractivity contribution in [1.29, 1.82) is 0 Å². The molecule has 8 heteroatoms. The van der Waals surface area contributed by atoms with Gasteiger partial charge in [-0.15, -0.1) is 0 Å². The van der Waals surface area contributed by atoms with Gasteiger partial charge in [0.2, 0.25) is 5.91 Å². The molecule has 0 heterocycles. The van der Waals surface area contributed by atoms with Gasteiger partial charge < -0.3 is 19.7 Å². The van der Waals surface area contributed by atoms with Crippen LogP contribution in [0.1, 0.15) is 39.2 Å². The average molecular weight is 395 g/mol. The minimum atomic E-state index is -1.92. The molecule has 7 nitrogen and oxygen atoms in total. The van der Waals surface area contributed by atoms with Crippen LogP contribution in [-0.2, 0) is 30.4 Å². The predicted molar refractivity (Wildman–Crippen MR) is 98.8 cm³/mol. The number of ether oxygens (including phenoxy) is 2. The molecular weight excluding hydrogens is 367 g/mol. The molecule has 1 atom stereocenters. The third-order valence-corrected chi connectivity index (χ3v) is 4.63. The van der Waals surface area contributed by atoms with Gasteiger partial charge in [0.15, 0.2) is 0 Å². The van der Waals surface area contributed by atoms with Crippen molar-refractivity contribution in [2.24, 2.45) is 0 Å². The monoisotopic (exact) mass is 395 g/mol. The lowest BCUT2D eigenvalue weighted by atomic mass is 9.97. The Morgan fingerprint density at radius 1 is 1.11 bits per heavy atom. The highest BCUT2D eigenvalue weighted by molar-refractivity contribution is 6.07. The summed E-state index contributed by atoms with van der Waals surface area (Å²) in [7, 11) is 0. The molecule has 2 N–H and O–H groups in total. The molecule has 2 rings (SSSR count). The number of halogens is 1. The van der Waals surface area contributed by atoms with E-state index in [2.05, 4.69) is 5.32 Å². The molecule has 154 valence electrons. The Hall–Kier alpha value is -2.48. The Morgan fingerprint density at radius 2 is 1.64 bits per heavy atom. The smallest absolute Gasteiger partial charge is 0.349 e. The van der Waals surface area contributed by atoms with Gasteiger partial charge in [0.25, 0.3) is 5.54 Å². The van der Waals surface area contributed by atoms with Crippen LogP contribution in [0.4, 0.5) is 4.39 Å². The van der Waals surface area contributed by atoms with Crippen LogP contribution in [0.2, 0.25) is 0 Å². The second-order valence-electron chi connectivity index (χ2n) is 6.94. The summed E-state index contributed by atoms with van der Waals surface area (Å²) in [4.78, 5) is 38.4. The zero-order valence-electron chi connectivity index (χ0n) is 16.5. The fourth-order valence-electron chi connectivity index (χ4n) is 3.23. The lowest BCUT2D eigenvalue weighted by molar-refractivity contribution is -0.926. The Balaban J connectivity index is 2.35. The fraction of sp³-hybridized carbons (Fsp3) is 0.550. The number of carbonyl (C=O) groups excluding carboxylic acids is 3. The van der Waals surface area contributed by atoms with E-state index in [-0.39, 0.29) is 31.6 Å². The summed E-state index contributed by atoms with van der Waals surface area (Å²) in [5, 5.41) is 2.50. The van der Waals surface area contributed by atoms with Crippen molar-refractivity contribution in [2.45, 2.75) is 51.7 Å². The SMILES string of the molecule is CCOC(=O)C(C[NH+](Cc1ccc(F)cc1)C1CC1)(NC(C)=O)C(=O)OCC. The van der Waals surface area contributed by atoms with Crippen LogP contribution in [0.15, 0.2) is 24.3 Å². The predicted octanol–water partition coefficient (Wildman–Crippen LogP) is 0.374. The molecular formula is C20H28FN2O5+. The first-order chi connectivity index (χ1) is 13.3. The van der Waals surface area contributed by atoms with Gasteiger partial charge in [-0.3, -0.25) is 4.79 Å². The van der Waals surface area contributed by atoms with Crippen molar-refractivity contribution in [3.8, 4) is 0 Å². The zero-order valence-corrected chi connectivity index (χ0v) is 16.5. The number of benzene rings is 1. The summed E-state index contributed by atoms with van der Waals surface area (Å²) in [5.41, 5.74) is -1.05. The molecule has 0 aliphatic heterocycles. The summed E-state index contributed by atoms with van der Waals surface area (Å²) in [6, 6.07) is 6.33. The zero-order chi connectivity index (χ0) is 20.7. The quantitative estimate of drug-likeness (QED) is 0.442. The second kappa shape index (κ2) is 9.64. The normalized spacial score (nSPS) is 14.9.